The van der Waals surface area contributed by atoms with Crippen LogP contribution in [-0.2, 0) is 0 Å². The highest BCUT2D eigenvalue weighted by atomic mass is 14.9. The van der Waals surface area contributed by atoms with E-state index in [9.17, 15) is 0 Å². The lowest BCUT2D eigenvalue weighted by Crippen LogP contribution is -2.09. The summed E-state index contributed by atoms with van der Waals surface area (Å²) in [6.45, 7) is 10.6. The van der Waals surface area contributed by atoms with Crippen LogP contribution in [0, 0.1) is 0 Å². The zero-order valence-electron chi connectivity index (χ0n) is 10.0. The Morgan fingerprint density at radius 1 is 1.27 bits per heavy atom. The summed E-state index contributed by atoms with van der Waals surface area (Å²) in [5.41, 5.74) is 3.66. The van der Waals surface area contributed by atoms with Gasteiger partial charge in [-0.05, 0) is 43.5 Å². The summed E-state index contributed by atoms with van der Waals surface area (Å²) in [5, 5.41) is 3.37. The van der Waals surface area contributed by atoms with Gasteiger partial charge in [-0.2, -0.15) is 0 Å². The van der Waals surface area contributed by atoms with Crippen LogP contribution >= 0.6 is 0 Å². The fraction of sp³-hybridized carbons (Fsp3) is 0.429. The summed E-state index contributed by atoms with van der Waals surface area (Å²) in [6, 6.07) is 9.01. The number of anilines is 1. The summed E-state index contributed by atoms with van der Waals surface area (Å²) < 4.78 is 0. The minimum Gasteiger partial charge on any atom is -0.383 e. The van der Waals surface area contributed by atoms with Crippen molar-refractivity contribution in [3.05, 3.63) is 36.4 Å². The molecule has 0 unspecified atom stereocenters. The van der Waals surface area contributed by atoms with Gasteiger partial charge in [0.1, 0.15) is 0 Å². The standard InChI is InChI=1S/C14H21N/c1-5-6-12(4)13-7-9-14(10-8-13)15-11(2)3/h7-11,15H,4-6H2,1-3H3. The molecule has 82 valence electrons. The van der Waals surface area contributed by atoms with Gasteiger partial charge in [-0.3, -0.25) is 0 Å². The maximum atomic E-state index is 4.08. The van der Waals surface area contributed by atoms with E-state index in [-0.39, 0.29) is 0 Å². The molecule has 0 radical (unpaired) electrons. The smallest absolute Gasteiger partial charge is 0.0342 e. The second kappa shape index (κ2) is 5.59. The molecule has 0 aliphatic carbocycles. The van der Waals surface area contributed by atoms with E-state index < -0.39 is 0 Å². The van der Waals surface area contributed by atoms with Crippen molar-refractivity contribution in [2.24, 2.45) is 0 Å². The minimum absolute atomic E-state index is 0.481. The van der Waals surface area contributed by atoms with Gasteiger partial charge in [-0.15, -0.1) is 0 Å². The van der Waals surface area contributed by atoms with Gasteiger partial charge in [0, 0.05) is 11.7 Å². The Kier molecular flexibility index (Phi) is 4.41. The molecule has 1 heteroatoms. The Hall–Kier alpha value is -1.24. The third-order valence-corrected chi connectivity index (χ3v) is 2.30. The molecule has 0 amide bonds. The van der Waals surface area contributed by atoms with Crippen molar-refractivity contribution in [2.45, 2.75) is 39.7 Å². The van der Waals surface area contributed by atoms with Gasteiger partial charge < -0.3 is 5.32 Å². The number of hydrogen-bond acceptors (Lipinski definition) is 1. The van der Waals surface area contributed by atoms with Gasteiger partial charge >= 0.3 is 0 Å². The van der Waals surface area contributed by atoms with Crippen molar-refractivity contribution >= 4 is 11.3 Å². The predicted octanol–water partition coefficient (Wildman–Crippen LogP) is 4.32. The van der Waals surface area contributed by atoms with Gasteiger partial charge in [0.25, 0.3) is 0 Å². The first kappa shape index (κ1) is 11.8. The van der Waals surface area contributed by atoms with Crippen LogP contribution in [0.2, 0.25) is 0 Å². The van der Waals surface area contributed by atoms with Crippen LogP contribution in [0.3, 0.4) is 0 Å². The molecule has 0 saturated carbocycles. The Morgan fingerprint density at radius 3 is 2.33 bits per heavy atom. The number of nitrogens with one attached hydrogen (secondary N) is 1. The fourth-order valence-corrected chi connectivity index (χ4v) is 1.58. The lowest BCUT2D eigenvalue weighted by molar-refractivity contribution is 0.899. The maximum Gasteiger partial charge on any atom is 0.0342 e. The number of allylic oxidation sites excluding steroid dienone is 1. The second-order valence-electron chi connectivity index (χ2n) is 4.23. The summed E-state index contributed by atoms with van der Waals surface area (Å²) in [6.07, 6.45) is 2.24. The lowest BCUT2D eigenvalue weighted by atomic mass is 10.0. The van der Waals surface area contributed by atoms with Crippen LogP contribution in [0.25, 0.3) is 5.57 Å². The Morgan fingerprint density at radius 2 is 1.87 bits per heavy atom. The van der Waals surface area contributed by atoms with E-state index in [0.717, 1.165) is 12.8 Å². The molecule has 0 aliphatic rings. The quantitative estimate of drug-likeness (QED) is 0.751. The largest absolute Gasteiger partial charge is 0.383 e. The first-order valence-electron chi connectivity index (χ1n) is 5.68. The molecule has 0 spiro atoms. The van der Waals surface area contributed by atoms with E-state index in [1.165, 1.54) is 16.8 Å². The summed E-state index contributed by atoms with van der Waals surface area (Å²) in [4.78, 5) is 0. The molecule has 1 nitrogen and oxygen atoms in total. The summed E-state index contributed by atoms with van der Waals surface area (Å²) >= 11 is 0. The molecule has 1 aromatic rings. The van der Waals surface area contributed by atoms with Crippen molar-refractivity contribution in [2.75, 3.05) is 5.32 Å². The first-order chi connectivity index (χ1) is 7.13. The van der Waals surface area contributed by atoms with Crippen LogP contribution in [0.5, 0.6) is 0 Å². The van der Waals surface area contributed by atoms with E-state index in [0.29, 0.717) is 6.04 Å². The van der Waals surface area contributed by atoms with Crippen molar-refractivity contribution in [3.63, 3.8) is 0 Å². The van der Waals surface area contributed by atoms with Gasteiger partial charge in [-0.1, -0.05) is 32.1 Å². The predicted molar refractivity (Wildman–Crippen MR) is 69.1 cm³/mol. The minimum atomic E-state index is 0.481. The molecule has 0 atom stereocenters. The van der Waals surface area contributed by atoms with Crippen LogP contribution in [0.15, 0.2) is 30.8 Å². The van der Waals surface area contributed by atoms with Gasteiger partial charge in [0.15, 0.2) is 0 Å². The molecular formula is C14H21N. The van der Waals surface area contributed by atoms with Crippen LogP contribution < -0.4 is 5.32 Å². The topological polar surface area (TPSA) is 12.0 Å². The van der Waals surface area contributed by atoms with E-state index in [1.54, 1.807) is 0 Å². The van der Waals surface area contributed by atoms with Gasteiger partial charge in [-0.25, -0.2) is 0 Å². The normalized spacial score (nSPS) is 10.4. The zero-order chi connectivity index (χ0) is 11.3. The third-order valence-electron chi connectivity index (χ3n) is 2.30. The number of hydrogen-bond donors (Lipinski definition) is 1. The van der Waals surface area contributed by atoms with Crippen molar-refractivity contribution < 1.29 is 0 Å². The Bertz CT molecular complexity index is 309. The Labute approximate surface area is 93.2 Å². The summed E-state index contributed by atoms with van der Waals surface area (Å²) in [7, 11) is 0. The molecule has 0 fully saturated rings. The SMILES string of the molecule is C=C(CCC)c1ccc(NC(C)C)cc1. The first-order valence-corrected chi connectivity index (χ1v) is 5.68. The molecule has 1 aromatic carbocycles. The van der Waals surface area contributed by atoms with Crippen LogP contribution in [0.4, 0.5) is 5.69 Å². The third kappa shape index (κ3) is 3.78. The monoisotopic (exact) mass is 203 g/mol. The zero-order valence-corrected chi connectivity index (χ0v) is 10.0. The second-order valence-corrected chi connectivity index (χ2v) is 4.23. The van der Waals surface area contributed by atoms with E-state index in [2.05, 4.69) is 56.9 Å². The van der Waals surface area contributed by atoms with E-state index in [4.69, 9.17) is 0 Å². The molecule has 0 heterocycles. The Balaban J connectivity index is 2.67. The maximum absolute atomic E-state index is 4.08. The molecule has 0 saturated heterocycles. The van der Waals surface area contributed by atoms with Crippen LogP contribution in [-0.4, -0.2) is 6.04 Å². The van der Waals surface area contributed by atoms with Crippen molar-refractivity contribution in [3.8, 4) is 0 Å². The van der Waals surface area contributed by atoms with Crippen LogP contribution in [0.1, 0.15) is 39.2 Å². The highest BCUT2D eigenvalue weighted by Gasteiger charge is 1.99. The molecular weight excluding hydrogens is 182 g/mol. The van der Waals surface area contributed by atoms with Crippen molar-refractivity contribution in [1.29, 1.82) is 0 Å². The van der Waals surface area contributed by atoms with Gasteiger partial charge in [0.2, 0.25) is 0 Å². The molecule has 0 bridgehead atoms. The molecule has 1 N–H and O–H groups in total. The molecule has 1 rings (SSSR count). The highest BCUT2D eigenvalue weighted by molar-refractivity contribution is 5.65. The molecule has 0 aromatic heterocycles. The van der Waals surface area contributed by atoms with Crippen molar-refractivity contribution in [1.82, 2.24) is 0 Å². The average molecular weight is 203 g/mol. The number of benzene rings is 1. The fourth-order valence-electron chi connectivity index (χ4n) is 1.58. The van der Waals surface area contributed by atoms with E-state index >= 15 is 0 Å². The molecule has 0 aliphatic heterocycles. The lowest BCUT2D eigenvalue weighted by Gasteiger charge is -2.11. The van der Waals surface area contributed by atoms with E-state index in [1.807, 2.05) is 0 Å². The van der Waals surface area contributed by atoms with Gasteiger partial charge in [0.05, 0.1) is 0 Å². The summed E-state index contributed by atoms with van der Waals surface area (Å²) in [5.74, 6) is 0. The number of rotatable bonds is 5. The highest BCUT2D eigenvalue weighted by Crippen LogP contribution is 2.20. The molecule has 15 heavy (non-hydrogen) atoms. The average Bonchev–Trinajstić information content (AvgIpc) is 2.18.